The molecule has 3 heterocycles. The number of nitrogens with one attached hydrogen (secondary N) is 1. The summed E-state index contributed by atoms with van der Waals surface area (Å²) in [6, 6.07) is 1.20. The number of fused-ring (bicyclic) bond motifs is 1. The zero-order valence-electron chi connectivity index (χ0n) is 11.0. The molecule has 0 bridgehead atoms. The van der Waals surface area contributed by atoms with Gasteiger partial charge in [-0.15, -0.1) is 15.5 Å². The second-order valence-corrected chi connectivity index (χ2v) is 5.93. The van der Waals surface area contributed by atoms with Crippen molar-refractivity contribution in [2.75, 3.05) is 6.61 Å². The Kier molecular flexibility index (Phi) is 3.30. The minimum Gasteiger partial charge on any atom is -0.347 e. The molecule has 0 aliphatic carbocycles. The zero-order chi connectivity index (χ0) is 15.2. The van der Waals surface area contributed by atoms with E-state index in [0.29, 0.717) is 0 Å². The summed E-state index contributed by atoms with van der Waals surface area (Å²) in [4.78, 5) is 25.2. The van der Waals surface area contributed by atoms with E-state index in [1.807, 2.05) is 0 Å². The molecule has 21 heavy (non-hydrogen) atoms. The molecule has 2 aliphatic rings. The number of ether oxygens (including phenoxy) is 1. The Morgan fingerprint density at radius 2 is 2.33 bits per heavy atom. The van der Waals surface area contributed by atoms with Crippen molar-refractivity contribution in [3.63, 3.8) is 0 Å². The largest absolute Gasteiger partial charge is 0.697 e. The lowest BCUT2D eigenvalue weighted by atomic mass is 9.83. The minimum atomic E-state index is -2.26. The van der Waals surface area contributed by atoms with Gasteiger partial charge >= 0.3 is 13.9 Å². The predicted octanol–water partition coefficient (Wildman–Crippen LogP) is 0.146. The molecular weight excluding hydrogens is 299 g/mol. The maximum absolute atomic E-state index is 11.9. The molecule has 1 aromatic heterocycles. The fourth-order valence-electron chi connectivity index (χ4n) is 2.59. The lowest BCUT2D eigenvalue weighted by molar-refractivity contribution is -0.0565. The molecule has 2 fully saturated rings. The summed E-state index contributed by atoms with van der Waals surface area (Å²) in [5.41, 5.74) is -2.18. The lowest BCUT2D eigenvalue weighted by Gasteiger charge is -2.27. The van der Waals surface area contributed by atoms with Crippen LogP contribution in [0.3, 0.4) is 0 Å². The van der Waals surface area contributed by atoms with Crippen molar-refractivity contribution in [1.82, 2.24) is 9.55 Å². The van der Waals surface area contributed by atoms with E-state index in [1.165, 1.54) is 16.8 Å². The van der Waals surface area contributed by atoms with Crippen LogP contribution >= 0.6 is 8.25 Å². The Morgan fingerprint density at radius 1 is 1.57 bits per heavy atom. The monoisotopic (exact) mass is 311 g/mol. The Hall–Kier alpha value is -1.78. The van der Waals surface area contributed by atoms with E-state index in [4.69, 9.17) is 20.2 Å². The first-order valence-electron chi connectivity index (χ1n) is 6.17. The second-order valence-electron chi connectivity index (χ2n) is 5.02. The van der Waals surface area contributed by atoms with Crippen molar-refractivity contribution in [3.05, 3.63) is 33.1 Å². The SMILES string of the molecule is C#C[C@]1(C)C2O[P+](=O)OCC2OC1n1ccc(=O)[nH]c1=O. The number of terminal acetylenes is 1. The van der Waals surface area contributed by atoms with E-state index < -0.39 is 43.4 Å². The fraction of sp³-hybridized carbons (Fsp3) is 0.500. The molecule has 2 saturated heterocycles. The van der Waals surface area contributed by atoms with Gasteiger partial charge in [0.05, 0.1) is 0 Å². The molecular formula is C12H12N2O6P+. The normalized spacial score (nSPS) is 37.0. The van der Waals surface area contributed by atoms with Crippen LogP contribution in [0.2, 0.25) is 0 Å². The van der Waals surface area contributed by atoms with Gasteiger partial charge in [0.15, 0.2) is 12.3 Å². The predicted molar refractivity (Wildman–Crippen MR) is 70.6 cm³/mol. The molecule has 9 heteroatoms. The van der Waals surface area contributed by atoms with Crippen LogP contribution in [0.15, 0.2) is 21.9 Å². The molecule has 0 amide bonds. The Labute approximate surface area is 120 Å². The maximum Gasteiger partial charge on any atom is 0.697 e. The van der Waals surface area contributed by atoms with E-state index >= 15 is 0 Å². The summed E-state index contributed by atoms with van der Waals surface area (Å²) in [7, 11) is -2.26. The summed E-state index contributed by atoms with van der Waals surface area (Å²) in [5.74, 6) is 2.56. The van der Waals surface area contributed by atoms with Crippen molar-refractivity contribution in [2.24, 2.45) is 5.41 Å². The number of aromatic amines is 1. The highest BCUT2D eigenvalue weighted by Crippen LogP contribution is 2.51. The first-order chi connectivity index (χ1) is 9.95. The number of H-pyrrole nitrogens is 1. The summed E-state index contributed by atoms with van der Waals surface area (Å²) < 4.78 is 28.5. The quantitative estimate of drug-likeness (QED) is 0.585. The molecule has 0 saturated carbocycles. The second kappa shape index (κ2) is 4.90. The third-order valence-corrected chi connectivity index (χ3v) is 4.46. The van der Waals surface area contributed by atoms with Gasteiger partial charge in [0.25, 0.3) is 5.56 Å². The topological polar surface area (TPSA) is 99.6 Å². The van der Waals surface area contributed by atoms with Crippen LogP contribution in [0.4, 0.5) is 0 Å². The summed E-state index contributed by atoms with van der Waals surface area (Å²) >= 11 is 0. The number of rotatable bonds is 1. The van der Waals surface area contributed by atoms with Crippen molar-refractivity contribution in [1.29, 1.82) is 0 Å². The Bertz CT molecular complexity index is 749. The number of hydrogen-bond acceptors (Lipinski definition) is 6. The summed E-state index contributed by atoms with van der Waals surface area (Å²) in [6.07, 6.45) is 4.84. The van der Waals surface area contributed by atoms with Gasteiger partial charge in [-0.1, -0.05) is 5.92 Å². The molecule has 4 unspecified atom stereocenters. The molecule has 0 radical (unpaired) electrons. The zero-order valence-corrected chi connectivity index (χ0v) is 11.9. The van der Waals surface area contributed by atoms with E-state index in [2.05, 4.69) is 10.9 Å². The summed E-state index contributed by atoms with van der Waals surface area (Å²) in [5, 5.41) is 0. The van der Waals surface area contributed by atoms with Crippen molar-refractivity contribution < 1.29 is 18.3 Å². The highest BCUT2D eigenvalue weighted by atomic mass is 31.1. The third-order valence-electron chi connectivity index (χ3n) is 3.70. The lowest BCUT2D eigenvalue weighted by Crippen LogP contribution is -2.42. The first-order valence-corrected chi connectivity index (χ1v) is 7.27. The number of aromatic nitrogens is 2. The summed E-state index contributed by atoms with van der Waals surface area (Å²) in [6.45, 7) is 1.74. The average Bonchev–Trinajstić information content (AvgIpc) is 2.73. The van der Waals surface area contributed by atoms with Crippen LogP contribution in [0.5, 0.6) is 0 Å². The Morgan fingerprint density at radius 3 is 3.00 bits per heavy atom. The maximum atomic E-state index is 11.9. The fourth-order valence-corrected chi connectivity index (χ4v) is 3.46. The number of nitrogens with zero attached hydrogens (tertiary/aromatic N) is 1. The van der Waals surface area contributed by atoms with Crippen LogP contribution in [-0.2, 0) is 18.3 Å². The van der Waals surface area contributed by atoms with Gasteiger partial charge < -0.3 is 4.74 Å². The molecule has 0 aromatic carbocycles. The molecule has 0 spiro atoms. The third kappa shape index (κ3) is 2.15. The highest BCUT2D eigenvalue weighted by Gasteiger charge is 2.61. The van der Waals surface area contributed by atoms with E-state index in [0.717, 1.165) is 0 Å². The highest BCUT2D eigenvalue weighted by molar-refractivity contribution is 7.33. The first kappa shape index (κ1) is 14.2. The standard InChI is InChI=1S/C12H11N2O6P/c1-3-12(2)9-7(6-18-21(17)20-9)19-10(12)14-5-4-8(15)13-11(14)16/h1,4-5,7,9-10H,6H2,2H3/p+1/t7?,9?,10?,12-/m1/s1. The van der Waals surface area contributed by atoms with Gasteiger partial charge in [-0.2, -0.15) is 0 Å². The van der Waals surface area contributed by atoms with Gasteiger partial charge in [-0.3, -0.25) is 14.3 Å². The van der Waals surface area contributed by atoms with Gasteiger partial charge in [0.1, 0.15) is 18.1 Å². The van der Waals surface area contributed by atoms with Gasteiger partial charge in [0.2, 0.25) is 0 Å². The van der Waals surface area contributed by atoms with Crippen molar-refractivity contribution in [2.45, 2.75) is 25.4 Å². The van der Waals surface area contributed by atoms with Crippen LogP contribution in [0.25, 0.3) is 0 Å². The molecule has 110 valence electrons. The molecule has 2 aliphatic heterocycles. The van der Waals surface area contributed by atoms with Crippen LogP contribution in [0, 0.1) is 17.8 Å². The molecule has 1 aromatic rings. The number of hydrogen-bond donors (Lipinski definition) is 1. The van der Waals surface area contributed by atoms with Gasteiger partial charge in [-0.05, 0) is 6.92 Å². The van der Waals surface area contributed by atoms with Gasteiger partial charge in [0, 0.05) is 16.8 Å². The van der Waals surface area contributed by atoms with Crippen molar-refractivity contribution in [3.8, 4) is 12.3 Å². The van der Waals surface area contributed by atoms with Crippen LogP contribution < -0.4 is 11.2 Å². The van der Waals surface area contributed by atoms with E-state index in [9.17, 15) is 14.2 Å². The van der Waals surface area contributed by atoms with E-state index in [1.54, 1.807) is 6.92 Å². The van der Waals surface area contributed by atoms with E-state index in [-0.39, 0.29) is 6.61 Å². The molecule has 1 N–H and O–H groups in total. The van der Waals surface area contributed by atoms with Crippen molar-refractivity contribution >= 4 is 8.25 Å². The molecule has 8 nitrogen and oxygen atoms in total. The van der Waals surface area contributed by atoms with Crippen LogP contribution in [-0.4, -0.2) is 28.4 Å². The van der Waals surface area contributed by atoms with Gasteiger partial charge in [-0.25, -0.2) is 4.79 Å². The Balaban J connectivity index is 2.07. The molecule has 5 atom stereocenters. The smallest absolute Gasteiger partial charge is 0.347 e. The van der Waals surface area contributed by atoms with Crippen LogP contribution in [0.1, 0.15) is 13.2 Å². The molecule has 3 rings (SSSR count). The average molecular weight is 311 g/mol. The minimum absolute atomic E-state index is 0.0613.